The number of hydrogen-bond donors (Lipinski definition) is 0. The second kappa shape index (κ2) is 1.56. The molecule has 1 heterocycles. The molecule has 8 heavy (non-hydrogen) atoms. The Bertz CT molecular complexity index is 145. The molecule has 0 aromatic rings. The van der Waals surface area contributed by atoms with Crippen molar-refractivity contribution < 1.29 is 14.4 Å². The Kier molecular flexibility index (Phi) is 1.02. The van der Waals surface area contributed by atoms with Crippen LogP contribution in [0.3, 0.4) is 0 Å². The van der Waals surface area contributed by atoms with Crippen LogP contribution in [0.1, 0.15) is 0 Å². The Labute approximate surface area is 45.0 Å². The average molecular weight is 116 g/mol. The van der Waals surface area contributed by atoms with Crippen molar-refractivity contribution in [3.05, 3.63) is 12.2 Å². The number of amides is 1. The molecule has 0 radical (unpaired) electrons. The van der Waals surface area contributed by atoms with E-state index in [1.54, 1.807) is 0 Å². The van der Waals surface area contributed by atoms with Crippen LogP contribution in [0, 0.1) is 0 Å². The molecule has 0 aromatic carbocycles. The molecule has 0 fully saturated rings. The highest BCUT2D eigenvalue weighted by Crippen LogP contribution is 2.04. The van der Waals surface area contributed by atoms with E-state index in [0.29, 0.717) is 0 Å². The summed E-state index contributed by atoms with van der Waals surface area (Å²) in [6.07, 6.45) is 0.252. The molecule has 4 heteroatoms. The van der Waals surface area contributed by atoms with Gasteiger partial charge in [0.2, 0.25) is 0 Å². The highest BCUT2D eigenvalue weighted by molar-refractivity contribution is 5.89. The van der Waals surface area contributed by atoms with Gasteiger partial charge < -0.3 is 5.11 Å². The van der Waals surface area contributed by atoms with Crippen molar-refractivity contribution in [3.8, 4) is 0 Å². The molecule has 0 saturated heterocycles. The fourth-order valence-electron chi connectivity index (χ4n) is 0.437. The normalized spacial score (nSPS) is 27.5. The Hall–Kier alpha value is -0.900. The van der Waals surface area contributed by atoms with E-state index in [2.05, 4.69) is 0 Å². The van der Waals surface area contributed by atoms with Gasteiger partial charge in [-0.15, -0.1) is 0 Å². The topological polar surface area (TPSA) is 43.4 Å². The first kappa shape index (κ1) is 5.24. The van der Waals surface area contributed by atoms with E-state index in [1.807, 2.05) is 0 Å². The van der Waals surface area contributed by atoms with E-state index in [9.17, 15) is 14.4 Å². The Morgan fingerprint density at radius 3 is 2.62 bits per heavy atom. The first-order valence-electron chi connectivity index (χ1n) is 2.05. The average Bonchev–Trinajstić information content (AvgIpc) is 1.98. The predicted octanol–water partition coefficient (Wildman–Crippen LogP) is -1.04. The number of nitrogens with zero attached hydrogens (tertiary/aromatic N) is 1. The number of halogens is 1. The Balaban J connectivity index is 2.69. The third kappa shape index (κ3) is 0.586. The van der Waals surface area contributed by atoms with E-state index in [1.165, 1.54) is 0 Å². The van der Waals surface area contributed by atoms with Crippen LogP contribution >= 0.6 is 0 Å². The summed E-state index contributed by atoms with van der Waals surface area (Å²) in [5.41, 5.74) is 0. The summed E-state index contributed by atoms with van der Waals surface area (Å²) in [6.45, 7) is 0. The van der Waals surface area contributed by atoms with Gasteiger partial charge in [0.1, 0.15) is 0 Å². The molecule has 3 nitrogen and oxygen atoms in total. The van der Waals surface area contributed by atoms with Crippen LogP contribution in [-0.2, 0) is 4.79 Å². The maximum absolute atomic E-state index is 11.8. The smallest absolute Gasteiger partial charge is 0.273 e. The highest BCUT2D eigenvalue weighted by Gasteiger charge is 2.15. The van der Waals surface area contributed by atoms with Gasteiger partial charge in [0.15, 0.2) is 0 Å². The van der Waals surface area contributed by atoms with Crippen molar-refractivity contribution in [2.45, 2.75) is 6.23 Å². The minimum absolute atomic E-state index is 0.361. The molecule has 0 aliphatic carbocycles. The monoisotopic (exact) mass is 116 g/mol. The van der Waals surface area contributed by atoms with Gasteiger partial charge in [0.25, 0.3) is 5.91 Å². The van der Waals surface area contributed by atoms with Crippen molar-refractivity contribution in [2.75, 3.05) is 0 Å². The summed E-state index contributed by atoms with van der Waals surface area (Å²) in [7, 11) is 0. The maximum Gasteiger partial charge on any atom is 0.273 e. The minimum Gasteiger partial charge on any atom is -0.831 e. The van der Waals surface area contributed by atoms with Crippen molar-refractivity contribution in [2.24, 2.45) is 0 Å². The molecule has 44 valence electrons. The summed E-state index contributed by atoms with van der Waals surface area (Å²) in [6, 6.07) is 0. The molecule has 1 atom stereocenters. The van der Waals surface area contributed by atoms with Crippen LogP contribution in [0.2, 0.25) is 0 Å². The molecular weight excluding hydrogens is 113 g/mol. The van der Waals surface area contributed by atoms with Gasteiger partial charge in [-0.05, 0) is 0 Å². The van der Waals surface area contributed by atoms with Gasteiger partial charge in [-0.25, -0.2) is 0 Å². The number of carbonyl (C=O) groups excluding carboxylic acids is 1. The molecule has 1 aliphatic rings. The number of carbonyl (C=O) groups is 1. The van der Waals surface area contributed by atoms with E-state index in [-0.39, 0.29) is 5.12 Å². The molecule has 0 bridgehead atoms. The van der Waals surface area contributed by atoms with Crippen LogP contribution in [0.15, 0.2) is 12.2 Å². The Morgan fingerprint density at radius 2 is 2.50 bits per heavy atom. The molecule has 1 unspecified atom stereocenters. The van der Waals surface area contributed by atoms with Gasteiger partial charge in [-0.3, -0.25) is 4.79 Å². The number of hydrogen-bond acceptors (Lipinski definition) is 2. The fraction of sp³-hybridized carbons (Fsp3) is 0.250. The second-order valence-corrected chi connectivity index (χ2v) is 1.40. The quantitative estimate of drug-likeness (QED) is 0.379. The molecule has 1 aliphatic heterocycles. The lowest BCUT2D eigenvalue weighted by molar-refractivity contribution is -0.449. The van der Waals surface area contributed by atoms with Gasteiger partial charge in [0.05, 0.1) is 0 Å². The van der Waals surface area contributed by atoms with Crippen LogP contribution in [0.4, 0.5) is 4.48 Å². The van der Waals surface area contributed by atoms with Crippen LogP contribution < -0.4 is 5.11 Å². The van der Waals surface area contributed by atoms with Crippen molar-refractivity contribution in [3.63, 3.8) is 0 Å². The first-order chi connectivity index (χ1) is 3.72. The minimum atomic E-state index is -1.62. The van der Waals surface area contributed by atoms with E-state index in [0.717, 1.165) is 12.2 Å². The number of rotatable bonds is 0. The zero-order valence-electron chi connectivity index (χ0n) is 3.87. The van der Waals surface area contributed by atoms with Crippen molar-refractivity contribution in [1.29, 1.82) is 0 Å². The standard InChI is InChI=1S/C4H3FNO2/c5-6-3(7)1-2-4(6)8/h1-3H/q-1. The first-order valence-corrected chi connectivity index (χ1v) is 2.05. The molecule has 0 N–H and O–H groups in total. The summed E-state index contributed by atoms with van der Waals surface area (Å²) in [5.74, 6) is -0.870. The van der Waals surface area contributed by atoms with Gasteiger partial charge >= 0.3 is 0 Å². The zero-order valence-corrected chi connectivity index (χ0v) is 3.87. The molecular formula is C4H3FNO2-. The fourth-order valence-corrected chi connectivity index (χ4v) is 0.437. The van der Waals surface area contributed by atoms with Gasteiger partial charge in [-0.1, -0.05) is 10.6 Å². The summed E-state index contributed by atoms with van der Waals surface area (Å²) in [5, 5.41) is 9.75. The Morgan fingerprint density at radius 1 is 1.88 bits per heavy atom. The van der Waals surface area contributed by atoms with Crippen molar-refractivity contribution in [1.82, 2.24) is 5.12 Å². The zero-order chi connectivity index (χ0) is 6.15. The molecule has 0 saturated carbocycles. The predicted molar refractivity (Wildman–Crippen MR) is 20.9 cm³/mol. The second-order valence-electron chi connectivity index (χ2n) is 1.40. The SMILES string of the molecule is O=C1C=CC([O-])N1F. The molecule has 1 amide bonds. The lowest BCUT2D eigenvalue weighted by Crippen LogP contribution is -2.36. The third-order valence-electron chi connectivity index (χ3n) is 0.837. The molecule has 0 aromatic heterocycles. The van der Waals surface area contributed by atoms with Crippen LogP contribution in [0.5, 0.6) is 0 Å². The van der Waals surface area contributed by atoms with Crippen molar-refractivity contribution >= 4 is 5.91 Å². The van der Waals surface area contributed by atoms with E-state index in [4.69, 9.17) is 0 Å². The van der Waals surface area contributed by atoms with E-state index >= 15 is 0 Å². The third-order valence-corrected chi connectivity index (χ3v) is 0.837. The van der Waals surface area contributed by atoms with Crippen LogP contribution in [-0.4, -0.2) is 17.3 Å². The summed E-state index contributed by atoms with van der Waals surface area (Å²) >= 11 is 0. The van der Waals surface area contributed by atoms with Gasteiger partial charge in [-0.2, -0.15) is 5.12 Å². The van der Waals surface area contributed by atoms with E-state index < -0.39 is 12.1 Å². The lowest BCUT2D eigenvalue weighted by atomic mass is 10.5. The summed E-state index contributed by atoms with van der Waals surface area (Å²) in [4.78, 5) is 10.0. The molecule has 0 spiro atoms. The van der Waals surface area contributed by atoms with Gasteiger partial charge in [0, 0.05) is 12.3 Å². The summed E-state index contributed by atoms with van der Waals surface area (Å²) < 4.78 is 11.8. The largest absolute Gasteiger partial charge is 0.831 e. The highest BCUT2D eigenvalue weighted by atomic mass is 19.2. The molecule has 1 rings (SSSR count). The van der Waals surface area contributed by atoms with Crippen LogP contribution in [0.25, 0.3) is 0 Å². The maximum atomic E-state index is 11.8. The lowest BCUT2D eigenvalue weighted by Gasteiger charge is -2.17.